The van der Waals surface area contributed by atoms with Crippen LogP contribution in [0.2, 0.25) is 0 Å². The van der Waals surface area contributed by atoms with E-state index in [2.05, 4.69) is 23.3 Å². The maximum absolute atomic E-state index is 9.74. The van der Waals surface area contributed by atoms with Gasteiger partial charge in [-0.3, -0.25) is 5.32 Å². The molecule has 20 heavy (non-hydrogen) atoms. The molecule has 0 radical (unpaired) electrons. The first-order chi connectivity index (χ1) is 9.80. The Labute approximate surface area is 128 Å². The van der Waals surface area contributed by atoms with Crippen LogP contribution in [-0.2, 0) is 5.54 Å². The maximum Gasteiger partial charge on any atom is 0.149 e. The third-order valence-electron chi connectivity index (χ3n) is 2.96. The summed E-state index contributed by atoms with van der Waals surface area (Å²) in [7, 11) is 0. The highest BCUT2D eigenvalue weighted by Gasteiger charge is 2.31. The minimum Gasteiger partial charge on any atom is -0.295 e. The van der Waals surface area contributed by atoms with Crippen molar-refractivity contribution in [1.29, 1.82) is 5.26 Å². The second kappa shape index (κ2) is 7.44. The monoisotopic (exact) mass is 303 g/mol. The van der Waals surface area contributed by atoms with E-state index in [1.807, 2.05) is 35.7 Å². The lowest BCUT2D eigenvalue weighted by Crippen LogP contribution is -2.43. The van der Waals surface area contributed by atoms with Crippen molar-refractivity contribution in [1.82, 2.24) is 10.3 Å². The van der Waals surface area contributed by atoms with E-state index in [4.69, 9.17) is 0 Å². The van der Waals surface area contributed by atoms with Crippen molar-refractivity contribution in [3.05, 3.63) is 47.5 Å². The third kappa shape index (κ3) is 3.60. The van der Waals surface area contributed by atoms with Gasteiger partial charge in [0.1, 0.15) is 9.88 Å². The molecular formula is C15H17N3S2. The van der Waals surface area contributed by atoms with E-state index < -0.39 is 5.54 Å². The van der Waals surface area contributed by atoms with Gasteiger partial charge < -0.3 is 0 Å². The van der Waals surface area contributed by atoms with Crippen LogP contribution in [0.1, 0.15) is 18.9 Å². The molecule has 0 fully saturated rings. The predicted molar refractivity (Wildman–Crippen MR) is 84.9 cm³/mol. The Bertz CT molecular complexity index is 548. The van der Waals surface area contributed by atoms with Gasteiger partial charge >= 0.3 is 0 Å². The van der Waals surface area contributed by atoms with E-state index >= 15 is 0 Å². The zero-order chi connectivity index (χ0) is 14.3. The molecule has 0 bridgehead atoms. The summed E-state index contributed by atoms with van der Waals surface area (Å²) < 4.78 is 0.999. The molecule has 1 aromatic heterocycles. The highest BCUT2D eigenvalue weighted by atomic mass is 32.2. The third-order valence-corrected chi connectivity index (χ3v) is 5.09. The average molecular weight is 303 g/mol. The summed E-state index contributed by atoms with van der Waals surface area (Å²) in [6, 6.07) is 12.4. The molecule has 0 aliphatic rings. The molecule has 0 aliphatic heterocycles. The van der Waals surface area contributed by atoms with E-state index in [9.17, 15) is 5.26 Å². The van der Waals surface area contributed by atoms with E-state index in [0.717, 1.165) is 22.9 Å². The molecule has 0 spiro atoms. The van der Waals surface area contributed by atoms with Crippen molar-refractivity contribution in [3.63, 3.8) is 0 Å². The Morgan fingerprint density at radius 3 is 2.80 bits per heavy atom. The molecule has 1 unspecified atom stereocenters. The maximum atomic E-state index is 9.74. The van der Waals surface area contributed by atoms with Gasteiger partial charge in [0.2, 0.25) is 0 Å². The van der Waals surface area contributed by atoms with Gasteiger partial charge in [-0.05, 0) is 18.5 Å². The van der Waals surface area contributed by atoms with Gasteiger partial charge in [-0.25, -0.2) is 4.98 Å². The van der Waals surface area contributed by atoms with Gasteiger partial charge in [0, 0.05) is 17.3 Å². The lowest BCUT2D eigenvalue weighted by atomic mass is 9.93. The lowest BCUT2D eigenvalue weighted by molar-refractivity contribution is 0.474. The summed E-state index contributed by atoms with van der Waals surface area (Å²) in [6.45, 7) is 2.93. The Morgan fingerprint density at radius 2 is 2.20 bits per heavy atom. The van der Waals surface area contributed by atoms with E-state index in [-0.39, 0.29) is 0 Å². The molecule has 0 amide bonds. The molecule has 1 heterocycles. The average Bonchev–Trinajstić information content (AvgIpc) is 3.02. The minimum atomic E-state index is -0.659. The summed E-state index contributed by atoms with van der Waals surface area (Å²) in [4.78, 5) is 4.27. The van der Waals surface area contributed by atoms with Crippen LogP contribution >= 0.6 is 23.1 Å². The van der Waals surface area contributed by atoms with Crippen LogP contribution in [0.15, 0.2) is 46.2 Å². The number of nitrogens with one attached hydrogen (secondary N) is 1. The zero-order valence-electron chi connectivity index (χ0n) is 11.4. The predicted octanol–water partition coefficient (Wildman–Crippen LogP) is 3.65. The summed E-state index contributed by atoms with van der Waals surface area (Å²) in [5, 5.41) is 15.1. The van der Waals surface area contributed by atoms with Gasteiger partial charge in [0.15, 0.2) is 0 Å². The second-order valence-electron chi connectivity index (χ2n) is 4.40. The van der Waals surface area contributed by atoms with Gasteiger partial charge in [0.25, 0.3) is 0 Å². The molecule has 1 N–H and O–H groups in total. The number of hydrogen-bond acceptors (Lipinski definition) is 5. The van der Waals surface area contributed by atoms with Crippen molar-refractivity contribution >= 4 is 23.1 Å². The first kappa shape index (κ1) is 15.0. The SMILES string of the molecule is CCCNC(C#N)(CSc1nccs1)c1ccccc1. The van der Waals surface area contributed by atoms with Crippen LogP contribution in [0.3, 0.4) is 0 Å². The fraction of sp³-hybridized carbons (Fsp3) is 0.333. The molecular weight excluding hydrogens is 286 g/mol. The molecule has 1 aromatic carbocycles. The van der Waals surface area contributed by atoms with Crippen molar-refractivity contribution < 1.29 is 0 Å². The van der Waals surface area contributed by atoms with E-state index in [1.165, 1.54) is 0 Å². The molecule has 0 saturated carbocycles. The summed E-state index contributed by atoms with van der Waals surface area (Å²) in [5.74, 6) is 0.654. The lowest BCUT2D eigenvalue weighted by Gasteiger charge is -2.27. The highest BCUT2D eigenvalue weighted by molar-refractivity contribution is 8.01. The first-order valence-corrected chi connectivity index (χ1v) is 8.41. The number of thiazole rings is 1. The van der Waals surface area contributed by atoms with Crippen LogP contribution in [0, 0.1) is 11.3 Å². The van der Waals surface area contributed by atoms with E-state index in [0.29, 0.717) is 5.75 Å². The fourth-order valence-corrected chi connectivity index (χ4v) is 3.67. The Kier molecular flexibility index (Phi) is 5.60. The number of hydrogen-bond donors (Lipinski definition) is 1. The zero-order valence-corrected chi connectivity index (χ0v) is 13.0. The van der Waals surface area contributed by atoms with Gasteiger partial charge in [-0.1, -0.05) is 49.0 Å². The molecule has 104 valence electrons. The number of nitriles is 1. The number of benzene rings is 1. The van der Waals surface area contributed by atoms with Crippen molar-refractivity contribution in [2.45, 2.75) is 23.2 Å². The minimum absolute atomic E-state index is 0.654. The molecule has 0 aliphatic carbocycles. The number of thioether (sulfide) groups is 1. The largest absolute Gasteiger partial charge is 0.295 e. The van der Waals surface area contributed by atoms with Crippen molar-refractivity contribution in [3.8, 4) is 6.07 Å². The van der Waals surface area contributed by atoms with Gasteiger partial charge in [-0.2, -0.15) is 5.26 Å². The van der Waals surface area contributed by atoms with Crippen LogP contribution in [-0.4, -0.2) is 17.3 Å². The summed E-state index contributed by atoms with van der Waals surface area (Å²) >= 11 is 3.23. The number of nitrogens with zero attached hydrogens (tertiary/aromatic N) is 2. The normalized spacial score (nSPS) is 13.6. The summed E-state index contributed by atoms with van der Waals surface area (Å²) in [6.07, 6.45) is 2.79. The van der Waals surface area contributed by atoms with E-state index in [1.54, 1.807) is 29.3 Å². The van der Waals surface area contributed by atoms with Crippen LogP contribution < -0.4 is 5.32 Å². The fourth-order valence-electron chi connectivity index (χ4n) is 1.89. The van der Waals surface area contributed by atoms with Gasteiger partial charge in [-0.15, -0.1) is 11.3 Å². The Hall–Kier alpha value is -1.35. The number of aromatic nitrogens is 1. The molecule has 2 rings (SSSR count). The van der Waals surface area contributed by atoms with Gasteiger partial charge in [0.05, 0.1) is 6.07 Å². The molecule has 5 heteroatoms. The van der Waals surface area contributed by atoms with Crippen LogP contribution in [0.5, 0.6) is 0 Å². The Balaban J connectivity index is 2.21. The first-order valence-electron chi connectivity index (χ1n) is 6.55. The van der Waals surface area contributed by atoms with Crippen LogP contribution in [0.4, 0.5) is 0 Å². The van der Waals surface area contributed by atoms with Crippen molar-refractivity contribution in [2.24, 2.45) is 0 Å². The van der Waals surface area contributed by atoms with Crippen molar-refractivity contribution in [2.75, 3.05) is 12.3 Å². The molecule has 1 atom stereocenters. The molecule has 2 aromatic rings. The second-order valence-corrected chi connectivity index (χ2v) is 6.51. The smallest absolute Gasteiger partial charge is 0.149 e. The summed E-state index contributed by atoms with van der Waals surface area (Å²) in [5.41, 5.74) is 0.355. The standard InChI is InChI=1S/C15H17N3S2/c1-2-8-18-15(11-16,13-6-4-3-5-7-13)12-20-14-17-9-10-19-14/h3-7,9-10,18H,2,8,12H2,1H3. The molecule has 3 nitrogen and oxygen atoms in total. The molecule has 0 saturated heterocycles. The number of rotatable bonds is 7. The highest BCUT2D eigenvalue weighted by Crippen LogP contribution is 2.30. The quantitative estimate of drug-likeness (QED) is 0.793. The van der Waals surface area contributed by atoms with Crippen LogP contribution in [0.25, 0.3) is 0 Å². The Morgan fingerprint density at radius 1 is 1.40 bits per heavy atom. The topological polar surface area (TPSA) is 48.7 Å².